The second-order valence-corrected chi connectivity index (χ2v) is 5.97. The van der Waals surface area contributed by atoms with Crippen molar-refractivity contribution in [1.29, 1.82) is 0 Å². The van der Waals surface area contributed by atoms with Gasteiger partial charge in [0.1, 0.15) is 13.2 Å². The fraction of sp³-hybridized carbons (Fsp3) is 0.529. The molecule has 0 aliphatic heterocycles. The lowest BCUT2D eigenvalue weighted by Gasteiger charge is -2.11. The molecule has 0 atom stereocenters. The average molecular weight is 321 g/mol. The molecule has 0 fully saturated rings. The first-order valence-corrected chi connectivity index (χ1v) is 7.77. The molecule has 0 heterocycles. The van der Waals surface area contributed by atoms with Crippen LogP contribution in [0.25, 0.3) is 0 Å². The van der Waals surface area contributed by atoms with Gasteiger partial charge in [0, 0.05) is 18.8 Å². The molecule has 6 nitrogen and oxygen atoms in total. The fourth-order valence-electron chi connectivity index (χ4n) is 1.85. The van der Waals surface area contributed by atoms with Crippen molar-refractivity contribution in [2.24, 2.45) is 0 Å². The molecule has 0 saturated heterocycles. The van der Waals surface area contributed by atoms with Gasteiger partial charge in [-0.2, -0.15) is 0 Å². The summed E-state index contributed by atoms with van der Waals surface area (Å²) < 4.78 is 5.11. The molecule has 2 N–H and O–H groups in total. The largest absolute Gasteiger partial charge is 0.362 e. The summed E-state index contributed by atoms with van der Waals surface area (Å²) in [6, 6.07) is 7.70. The molecule has 0 saturated carbocycles. The number of carbonyl (C=O) groups is 2. The summed E-state index contributed by atoms with van der Waals surface area (Å²) in [6.07, 6.45) is 0. The maximum atomic E-state index is 11.7. The molecule has 0 aromatic heterocycles. The summed E-state index contributed by atoms with van der Waals surface area (Å²) in [5.41, 5.74) is 1.94. The lowest BCUT2D eigenvalue weighted by molar-refractivity contribution is -0.128. The second-order valence-electron chi connectivity index (χ2n) is 5.97. The quantitative estimate of drug-likeness (QED) is 0.722. The van der Waals surface area contributed by atoms with Gasteiger partial charge in [-0.25, -0.2) is 0 Å². The molecule has 0 radical (unpaired) electrons. The van der Waals surface area contributed by atoms with Gasteiger partial charge in [-0.3, -0.25) is 9.59 Å². The maximum Gasteiger partial charge on any atom is 0.250 e. The molecule has 2 amide bonds. The molecule has 128 valence electrons. The van der Waals surface area contributed by atoms with E-state index in [-0.39, 0.29) is 25.0 Å². The number of benzene rings is 1. The normalized spacial score (nSPS) is 10.9. The molecule has 1 rings (SSSR count). The van der Waals surface area contributed by atoms with Crippen LogP contribution in [0.15, 0.2) is 24.3 Å². The van der Waals surface area contributed by atoms with E-state index in [1.165, 1.54) is 5.56 Å². The molecular weight excluding hydrogens is 294 g/mol. The van der Waals surface area contributed by atoms with Crippen LogP contribution in [0.5, 0.6) is 0 Å². The Bertz CT molecular complexity index is 498. The first-order chi connectivity index (χ1) is 10.9. The van der Waals surface area contributed by atoms with Gasteiger partial charge in [-0.15, -0.1) is 0 Å². The third-order valence-electron chi connectivity index (χ3n) is 3.21. The number of likely N-dealkylation sites (N-methyl/N-ethyl adjacent to an activating group) is 1. The Morgan fingerprint density at radius 1 is 1.09 bits per heavy atom. The molecule has 1 aromatic rings. The smallest absolute Gasteiger partial charge is 0.250 e. The molecular formula is C17H27N3O3. The van der Waals surface area contributed by atoms with Crippen molar-refractivity contribution in [2.45, 2.75) is 19.8 Å². The third-order valence-corrected chi connectivity index (χ3v) is 3.21. The Hall–Kier alpha value is -1.92. The summed E-state index contributed by atoms with van der Waals surface area (Å²) in [5, 5.41) is 5.45. The average Bonchev–Trinajstić information content (AvgIpc) is 2.47. The zero-order chi connectivity index (χ0) is 17.2. The molecule has 0 aliphatic rings. The van der Waals surface area contributed by atoms with Gasteiger partial charge in [0.05, 0.1) is 0 Å². The van der Waals surface area contributed by atoms with Crippen LogP contribution in [0.4, 0.5) is 5.69 Å². The van der Waals surface area contributed by atoms with Crippen molar-refractivity contribution in [2.75, 3.05) is 45.7 Å². The highest BCUT2D eigenvalue weighted by molar-refractivity contribution is 5.91. The zero-order valence-corrected chi connectivity index (χ0v) is 14.4. The second kappa shape index (κ2) is 9.97. The number of amides is 2. The summed E-state index contributed by atoms with van der Waals surface area (Å²) in [4.78, 5) is 25.2. The van der Waals surface area contributed by atoms with E-state index < -0.39 is 0 Å². The Labute approximate surface area is 138 Å². The number of nitrogens with zero attached hydrogens (tertiary/aromatic N) is 1. The number of ether oxygens (including phenoxy) is 1. The van der Waals surface area contributed by atoms with Gasteiger partial charge >= 0.3 is 0 Å². The summed E-state index contributed by atoms with van der Waals surface area (Å²) in [6.45, 7) is 5.29. The summed E-state index contributed by atoms with van der Waals surface area (Å²) in [7, 11) is 3.86. The van der Waals surface area contributed by atoms with Crippen LogP contribution in [0, 0.1) is 0 Å². The lowest BCUT2D eigenvalue weighted by atomic mass is 10.0. The minimum atomic E-state index is -0.275. The number of hydrogen-bond donors (Lipinski definition) is 2. The van der Waals surface area contributed by atoms with Crippen LogP contribution in [0.2, 0.25) is 0 Å². The lowest BCUT2D eigenvalue weighted by Crippen LogP contribution is -2.34. The van der Waals surface area contributed by atoms with E-state index >= 15 is 0 Å². The van der Waals surface area contributed by atoms with E-state index in [2.05, 4.69) is 24.5 Å². The zero-order valence-electron chi connectivity index (χ0n) is 14.4. The SMILES string of the molecule is CC(C)c1ccc(NC(=O)COCC(=O)NCCN(C)C)cc1. The number of nitrogens with one attached hydrogen (secondary N) is 2. The molecule has 1 aromatic carbocycles. The number of anilines is 1. The van der Waals surface area contributed by atoms with Crippen LogP contribution in [0.3, 0.4) is 0 Å². The van der Waals surface area contributed by atoms with Gasteiger partial charge in [0.15, 0.2) is 0 Å². The molecule has 0 spiro atoms. The van der Waals surface area contributed by atoms with Crippen molar-refractivity contribution in [3.05, 3.63) is 29.8 Å². The van der Waals surface area contributed by atoms with Gasteiger partial charge < -0.3 is 20.3 Å². The molecule has 23 heavy (non-hydrogen) atoms. The highest BCUT2D eigenvalue weighted by atomic mass is 16.5. The van der Waals surface area contributed by atoms with Crippen molar-refractivity contribution in [3.63, 3.8) is 0 Å². The first-order valence-electron chi connectivity index (χ1n) is 7.77. The third kappa shape index (κ3) is 8.32. The van der Waals surface area contributed by atoms with Crippen LogP contribution >= 0.6 is 0 Å². The Kier molecular flexibility index (Phi) is 8.29. The van der Waals surface area contributed by atoms with Gasteiger partial charge in [-0.05, 0) is 37.7 Å². The highest BCUT2D eigenvalue weighted by Gasteiger charge is 2.06. The van der Waals surface area contributed by atoms with Gasteiger partial charge in [0.2, 0.25) is 11.8 Å². The minimum absolute atomic E-state index is 0.118. The summed E-state index contributed by atoms with van der Waals surface area (Å²) >= 11 is 0. The van der Waals surface area contributed by atoms with E-state index in [4.69, 9.17) is 4.74 Å². The Morgan fingerprint density at radius 2 is 1.70 bits per heavy atom. The van der Waals surface area contributed by atoms with Gasteiger partial charge in [-0.1, -0.05) is 26.0 Å². The Morgan fingerprint density at radius 3 is 2.26 bits per heavy atom. The number of hydrogen-bond acceptors (Lipinski definition) is 4. The van der Waals surface area contributed by atoms with Crippen molar-refractivity contribution in [1.82, 2.24) is 10.2 Å². The predicted molar refractivity (Wildman–Crippen MR) is 91.5 cm³/mol. The van der Waals surface area contributed by atoms with Crippen LogP contribution in [-0.4, -0.2) is 57.1 Å². The van der Waals surface area contributed by atoms with E-state index in [0.717, 1.165) is 12.2 Å². The monoisotopic (exact) mass is 321 g/mol. The molecule has 0 bridgehead atoms. The number of carbonyl (C=O) groups excluding carboxylic acids is 2. The molecule has 0 aliphatic carbocycles. The van der Waals surface area contributed by atoms with E-state index in [1.807, 2.05) is 43.3 Å². The maximum absolute atomic E-state index is 11.7. The van der Waals surface area contributed by atoms with E-state index in [0.29, 0.717) is 12.5 Å². The highest BCUT2D eigenvalue weighted by Crippen LogP contribution is 2.16. The van der Waals surface area contributed by atoms with Crippen LogP contribution in [0.1, 0.15) is 25.3 Å². The topological polar surface area (TPSA) is 70.7 Å². The first kappa shape index (κ1) is 19.1. The van der Waals surface area contributed by atoms with Crippen LogP contribution < -0.4 is 10.6 Å². The fourth-order valence-corrected chi connectivity index (χ4v) is 1.85. The standard InChI is InChI=1S/C17H27N3O3/c1-13(2)14-5-7-15(8-6-14)19-17(22)12-23-11-16(21)18-9-10-20(3)4/h5-8,13H,9-12H2,1-4H3,(H,18,21)(H,19,22). The number of rotatable bonds is 9. The van der Waals surface area contributed by atoms with E-state index in [9.17, 15) is 9.59 Å². The van der Waals surface area contributed by atoms with Crippen molar-refractivity contribution < 1.29 is 14.3 Å². The van der Waals surface area contributed by atoms with Crippen molar-refractivity contribution >= 4 is 17.5 Å². The Balaban J connectivity index is 2.22. The molecule has 6 heteroatoms. The van der Waals surface area contributed by atoms with Gasteiger partial charge in [0.25, 0.3) is 0 Å². The van der Waals surface area contributed by atoms with E-state index in [1.54, 1.807) is 0 Å². The van der Waals surface area contributed by atoms with Crippen molar-refractivity contribution in [3.8, 4) is 0 Å². The summed E-state index contributed by atoms with van der Waals surface area (Å²) in [5.74, 6) is -0.0431. The minimum Gasteiger partial charge on any atom is -0.362 e. The predicted octanol–water partition coefficient (Wildman–Crippen LogP) is 1.44. The van der Waals surface area contributed by atoms with Crippen LogP contribution in [-0.2, 0) is 14.3 Å². The molecule has 0 unspecified atom stereocenters.